The molecule has 3 amide bonds. The van der Waals surface area contributed by atoms with E-state index in [9.17, 15) is 14.4 Å². The number of hydrogen-bond acceptors (Lipinski definition) is 5. The minimum atomic E-state index is -0.325. The van der Waals surface area contributed by atoms with Crippen molar-refractivity contribution in [3.05, 3.63) is 64.8 Å². The second kappa shape index (κ2) is 8.18. The van der Waals surface area contributed by atoms with Crippen LogP contribution in [0.25, 0.3) is 5.57 Å². The van der Waals surface area contributed by atoms with Crippen molar-refractivity contribution in [1.29, 1.82) is 0 Å². The van der Waals surface area contributed by atoms with Crippen LogP contribution in [-0.2, 0) is 20.9 Å². The van der Waals surface area contributed by atoms with E-state index in [0.29, 0.717) is 33.2 Å². The van der Waals surface area contributed by atoms with Gasteiger partial charge in [0.05, 0.1) is 22.7 Å². The molecule has 0 aliphatic carbocycles. The first-order chi connectivity index (χ1) is 13.0. The van der Waals surface area contributed by atoms with E-state index in [1.165, 1.54) is 23.6 Å². The Hall–Kier alpha value is -2.93. The Kier molecular flexibility index (Phi) is 5.71. The monoisotopic (exact) mass is 381 g/mol. The first kappa shape index (κ1) is 18.8. The molecule has 2 aromatic rings. The summed E-state index contributed by atoms with van der Waals surface area (Å²) in [5, 5.41) is 2.69. The van der Waals surface area contributed by atoms with Crippen molar-refractivity contribution in [2.45, 2.75) is 20.4 Å². The molecule has 1 aromatic heterocycles. The van der Waals surface area contributed by atoms with Crippen LogP contribution in [0.5, 0.6) is 0 Å². The van der Waals surface area contributed by atoms with Crippen LogP contribution in [-0.4, -0.2) is 33.4 Å². The van der Waals surface area contributed by atoms with Gasteiger partial charge in [-0.2, -0.15) is 0 Å². The van der Waals surface area contributed by atoms with E-state index in [1.807, 2.05) is 13.0 Å². The van der Waals surface area contributed by atoms with E-state index < -0.39 is 0 Å². The molecule has 7 heteroatoms. The number of anilines is 1. The van der Waals surface area contributed by atoms with Crippen molar-refractivity contribution in [3.8, 4) is 0 Å². The predicted molar refractivity (Wildman–Crippen MR) is 106 cm³/mol. The second-order valence-electron chi connectivity index (χ2n) is 5.91. The summed E-state index contributed by atoms with van der Waals surface area (Å²) in [6, 6.07) is 12.3. The van der Waals surface area contributed by atoms with Gasteiger partial charge in [0.2, 0.25) is 5.91 Å². The zero-order valence-electron chi connectivity index (χ0n) is 15.1. The van der Waals surface area contributed by atoms with Crippen molar-refractivity contribution >= 4 is 40.7 Å². The molecule has 1 aliphatic rings. The maximum atomic E-state index is 13.0. The van der Waals surface area contributed by atoms with E-state index in [-0.39, 0.29) is 24.3 Å². The smallest absolute Gasteiger partial charge is 0.268 e. The van der Waals surface area contributed by atoms with E-state index >= 15 is 0 Å². The number of carbonyl (C=O) groups is 3. The van der Waals surface area contributed by atoms with Gasteiger partial charge in [-0.3, -0.25) is 24.3 Å². The average molecular weight is 381 g/mol. The summed E-state index contributed by atoms with van der Waals surface area (Å²) in [6.45, 7) is 3.51. The van der Waals surface area contributed by atoms with Crippen LogP contribution in [0.3, 0.4) is 0 Å². The maximum Gasteiger partial charge on any atom is 0.268 e. The van der Waals surface area contributed by atoms with E-state index in [0.717, 1.165) is 0 Å². The van der Waals surface area contributed by atoms with Crippen LogP contribution in [0.4, 0.5) is 5.69 Å². The van der Waals surface area contributed by atoms with Crippen molar-refractivity contribution in [2.75, 3.05) is 11.1 Å². The van der Waals surface area contributed by atoms with Gasteiger partial charge in [0, 0.05) is 18.8 Å². The number of rotatable bonds is 6. The Morgan fingerprint density at radius 2 is 1.85 bits per heavy atom. The predicted octanol–water partition coefficient (Wildman–Crippen LogP) is 3.07. The number of thioether (sulfide) groups is 1. The molecule has 6 nitrogen and oxygen atoms in total. The number of nitrogens with one attached hydrogen (secondary N) is 1. The molecule has 3 rings (SSSR count). The van der Waals surface area contributed by atoms with Crippen molar-refractivity contribution < 1.29 is 14.4 Å². The molecule has 0 atom stereocenters. The van der Waals surface area contributed by atoms with Gasteiger partial charge >= 0.3 is 0 Å². The third-order valence-electron chi connectivity index (χ3n) is 3.95. The number of pyridine rings is 1. The lowest BCUT2D eigenvalue weighted by molar-refractivity contribution is -0.137. The second-order valence-corrected chi connectivity index (χ2v) is 7.19. The number of hydrogen-bond donors (Lipinski definition) is 1. The molecule has 1 aliphatic heterocycles. The van der Waals surface area contributed by atoms with Gasteiger partial charge < -0.3 is 5.32 Å². The van der Waals surface area contributed by atoms with Crippen molar-refractivity contribution in [3.63, 3.8) is 0 Å². The summed E-state index contributed by atoms with van der Waals surface area (Å²) >= 11 is 1.36. The Bertz CT molecular complexity index is 908. The van der Waals surface area contributed by atoms with Gasteiger partial charge in [0.25, 0.3) is 11.8 Å². The number of carbonyl (C=O) groups excluding carboxylic acids is 3. The Labute approximate surface area is 161 Å². The van der Waals surface area contributed by atoms with E-state index in [4.69, 9.17) is 0 Å². The van der Waals surface area contributed by atoms with Gasteiger partial charge in [-0.1, -0.05) is 25.1 Å². The number of amides is 3. The highest BCUT2D eigenvalue weighted by atomic mass is 32.2. The molecule has 0 radical (unpaired) electrons. The average Bonchev–Trinajstić information content (AvgIpc) is 2.88. The molecule has 1 N–H and O–H groups in total. The quantitative estimate of drug-likeness (QED) is 0.778. The lowest BCUT2D eigenvalue weighted by Crippen LogP contribution is -2.31. The Morgan fingerprint density at radius 3 is 2.44 bits per heavy atom. The third kappa shape index (κ3) is 4.09. The van der Waals surface area contributed by atoms with Crippen LogP contribution in [0.15, 0.2) is 53.6 Å². The summed E-state index contributed by atoms with van der Waals surface area (Å²) in [6.07, 6.45) is 1.64. The minimum Gasteiger partial charge on any atom is -0.326 e. The molecule has 27 heavy (non-hydrogen) atoms. The molecule has 0 fully saturated rings. The van der Waals surface area contributed by atoms with Gasteiger partial charge in [-0.15, -0.1) is 11.8 Å². The molecular formula is C20H19N3O3S. The summed E-state index contributed by atoms with van der Waals surface area (Å²) < 4.78 is 0. The zero-order valence-corrected chi connectivity index (χ0v) is 15.9. The molecule has 0 unspecified atom stereocenters. The van der Waals surface area contributed by atoms with Gasteiger partial charge in [0.15, 0.2) is 0 Å². The summed E-state index contributed by atoms with van der Waals surface area (Å²) in [7, 11) is 0. The van der Waals surface area contributed by atoms with Crippen LogP contribution in [0.1, 0.15) is 25.1 Å². The number of nitrogens with zero attached hydrogens (tertiary/aromatic N) is 2. The molecule has 0 saturated heterocycles. The van der Waals surface area contributed by atoms with Gasteiger partial charge in [-0.25, -0.2) is 0 Å². The summed E-state index contributed by atoms with van der Waals surface area (Å²) in [5.74, 6) is -0.107. The topological polar surface area (TPSA) is 79.4 Å². The SMILES string of the molecule is CCSC1=C(c2ccc(NC(C)=O)cc2)C(=O)N(Cc2ccccn2)C1=O. The summed E-state index contributed by atoms with van der Waals surface area (Å²) in [4.78, 5) is 42.9. The zero-order chi connectivity index (χ0) is 19.4. The molecule has 2 heterocycles. The molecule has 0 bridgehead atoms. The summed E-state index contributed by atoms with van der Waals surface area (Å²) in [5.41, 5.74) is 2.35. The molecule has 0 spiro atoms. The highest BCUT2D eigenvalue weighted by Gasteiger charge is 2.39. The van der Waals surface area contributed by atoms with Crippen LogP contribution in [0, 0.1) is 0 Å². The lowest BCUT2D eigenvalue weighted by Gasteiger charge is -2.14. The largest absolute Gasteiger partial charge is 0.326 e. The normalized spacial score (nSPS) is 14.1. The minimum absolute atomic E-state index is 0.139. The van der Waals surface area contributed by atoms with Crippen LogP contribution < -0.4 is 5.32 Å². The molecule has 0 saturated carbocycles. The Morgan fingerprint density at radius 1 is 1.11 bits per heavy atom. The molecular weight excluding hydrogens is 362 g/mol. The fraction of sp³-hybridized carbons (Fsp3) is 0.200. The lowest BCUT2D eigenvalue weighted by atomic mass is 10.1. The number of imide groups is 1. The van der Waals surface area contributed by atoms with Crippen molar-refractivity contribution in [1.82, 2.24) is 9.88 Å². The number of benzene rings is 1. The highest BCUT2D eigenvalue weighted by Crippen LogP contribution is 2.36. The fourth-order valence-corrected chi connectivity index (χ4v) is 3.68. The van der Waals surface area contributed by atoms with E-state index in [2.05, 4.69) is 10.3 Å². The highest BCUT2D eigenvalue weighted by molar-refractivity contribution is 8.04. The van der Waals surface area contributed by atoms with Gasteiger partial charge in [-0.05, 0) is 35.6 Å². The molecule has 138 valence electrons. The van der Waals surface area contributed by atoms with E-state index in [1.54, 1.807) is 42.6 Å². The fourth-order valence-electron chi connectivity index (χ4n) is 2.81. The molecule has 1 aromatic carbocycles. The first-order valence-corrected chi connectivity index (χ1v) is 9.51. The van der Waals surface area contributed by atoms with Crippen LogP contribution in [0.2, 0.25) is 0 Å². The standard InChI is InChI=1S/C20H19N3O3S/c1-3-27-18-17(14-7-9-15(10-8-14)22-13(2)24)19(25)23(20(18)26)12-16-6-4-5-11-21-16/h4-11H,3,12H2,1-2H3,(H,22,24). The number of aromatic nitrogens is 1. The Balaban J connectivity index is 1.92. The van der Waals surface area contributed by atoms with Crippen LogP contribution >= 0.6 is 11.8 Å². The first-order valence-electron chi connectivity index (χ1n) is 8.52. The maximum absolute atomic E-state index is 13.0. The van der Waals surface area contributed by atoms with Crippen molar-refractivity contribution in [2.24, 2.45) is 0 Å². The van der Waals surface area contributed by atoms with Gasteiger partial charge in [0.1, 0.15) is 0 Å². The third-order valence-corrected chi connectivity index (χ3v) is 4.91.